The van der Waals surface area contributed by atoms with E-state index >= 15 is 0 Å². The molecule has 4 heteroatoms. The smallest absolute Gasteiger partial charge is 0.256 e. The van der Waals surface area contributed by atoms with Gasteiger partial charge in [-0.1, -0.05) is 48.0 Å². The van der Waals surface area contributed by atoms with Gasteiger partial charge >= 0.3 is 0 Å². The maximum Gasteiger partial charge on any atom is 0.256 e. The van der Waals surface area contributed by atoms with Gasteiger partial charge in [0.05, 0.1) is 13.1 Å². The number of aryl methyl sites for hydroxylation is 1. The number of quaternary nitrogens is 1. The van der Waals surface area contributed by atoms with Crippen molar-refractivity contribution in [1.29, 1.82) is 0 Å². The minimum Gasteiger partial charge on any atom is -0.309 e. The Labute approximate surface area is 148 Å². The van der Waals surface area contributed by atoms with Crippen molar-refractivity contribution >= 4 is 11.7 Å². The molecule has 2 aromatic carbocycles. The second-order valence-corrected chi connectivity index (χ2v) is 6.72. The molecule has 4 nitrogen and oxygen atoms in total. The van der Waals surface area contributed by atoms with Gasteiger partial charge in [0.2, 0.25) is 11.9 Å². The largest absolute Gasteiger partial charge is 0.309 e. The van der Waals surface area contributed by atoms with E-state index in [4.69, 9.17) is 0 Å². The summed E-state index contributed by atoms with van der Waals surface area (Å²) in [6, 6.07) is 16.7. The highest BCUT2D eigenvalue weighted by atomic mass is 16.2. The van der Waals surface area contributed by atoms with Crippen molar-refractivity contribution in [2.45, 2.75) is 32.4 Å². The van der Waals surface area contributed by atoms with Gasteiger partial charge in [0, 0.05) is 11.1 Å². The summed E-state index contributed by atoms with van der Waals surface area (Å²) in [6.45, 7) is 3.82. The monoisotopic (exact) mass is 337 g/mol. The maximum atomic E-state index is 13.0. The molecular formula is C21H25N2O2+. The number of carbonyl (C=O) groups excluding carboxylic acids is 2. The summed E-state index contributed by atoms with van der Waals surface area (Å²) in [5, 5.41) is 3.00. The third kappa shape index (κ3) is 4.34. The number of carbonyl (C=O) groups is 2. The third-order valence-corrected chi connectivity index (χ3v) is 4.81. The molecule has 3 rings (SSSR count). The van der Waals surface area contributed by atoms with E-state index in [0.717, 1.165) is 36.4 Å². The van der Waals surface area contributed by atoms with Gasteiger partial charge in [-0.15, -0.1) is 0 Å². The van der Waals surface area contributed by atoms with E-state index in [1.54, 1.807) is 12.1 Å². The molecule has 0 bridgehead atoms. The van der Waals surface area contributed by atoms with Crippen LogP contribution in [0, 0.1) is 6.92 Å². The van der Waals surface area contributed by atoms with Gasteiger partial charge in [0.15, 0.2) is 0 Å². The molecule has 1 aliphatic rings. The van der Waals surface area contributed by atoms with E-state index < -0.39 is 6.17 Å². The Bertz CT molecular complexity index is 719. The summed E-state index contributed by atoms with van der Waals surface area (Å²) in [6.07, 6.45) is 2.85. The first-order valence-corrected chi connectivity index (χ1v) is 8.96. The van der Waals surface area contributed by atoms with E-state index in [1.807, 2.05) is 49.4 Å². The molecule has 130 valence electrons. The zero-order chi connectivity index (χ0) is 17.6. The molecule has 2 aromatic rings. The number of benzene rings is 2. The fraction of sp³-hybridized carbons (Fsp3) is 0.333. The topological polar surface area (TPSA) is 50.6 Å². The predicted octanol–water partition coefficient (Wildman–Crippen LogP) is 2.00. The lowest BCUT2D eigenvalue weighted by Gasteiger charge is -2.31. The number of piperidine rings is 1. The average Bonchev–Trinajstić information content (AvgIpc) is 2.67. The number of rotatable bonds is 5. The van der Waals surface area contributed by atoms with Gasteiger partial charge in [0.25, 0.3) is 5.91 Å². The molecule has 1 fully saturated rings. The standard InChI is InChI=1S/C21H24N2O2/c1-16-10-12-18(13-11-16)21(25)22-20(23-14-6-3-7-15-23)19(24)17-8-4-2-5-9-17/h2,4-5,8-13,20H,3,6-7,14-15H2,1H3,(H,22,25)/p+1. The molecule has 0 spiro atoms. The van der Waals surface area contributed by atoms with Crippen molar-refractivity contribution in [2.24, 2.45) is 0 Å². The Morgan fingerprint density at radius 1 is 0.880 bits per heavy atom. The zero-order valence-electron chi connectivity index (χ0n) is 14.6. The van der Waals surface area contributed by atoms with Crippen molar-refractivity contribution in [3.63, 3.8) is 0 Å². The number of likely N-dealkylation sites (tertiary alicyclic amines) is 1. The first kappa shape index (κ1) is 17.4. The van der Waals surface area contributed by atoms with Gasteiger partial charge in [-0.05, 0) is 38.3 Å². The van der Waals surface area contributed by atoms with E-state index in [0.29, 0.717) is 11.1 Å². The van der Waals surface area contributed by atoms with Crippen LogP contribution in [0.15, 0.2) is 54.6 Å². The van der Waals surface area contributed by atoms with Gasteiger partial charge in [-0.25, -0.2) is 0 Å². The Morgan fingerprint density at radius 3 is 2.16 bits per heavy atom. The van der Waals surface area contributed by atoms with Crippen LogP contribution in [-0.4, -0.2) is 30.9 Å². The van der Waals surface area contributed by atoms with Crippen LogP contribution in [-0.2, 0) is 0 Å². The molecule has 1 amide bonds. The number of nitrogens with one attached hydrogen (secondary N) is 2. The SMILES string of the molecule is Cc1ccc(C(=O)NC(C(=O)c2ccccc2)[NH+]2CCCCC2)cc1. The summed E-state index contributed by atoms with van der Waals surface area (Å²) in [5.74, 6) is -0.203. The number of Topliss-reactive ketones (excluding diaryl/α,β-unsaturated/α-hetero) is 1. The molecule has 0 saturated carbocycles. The van der Waals surface area contributed by atoms with E-state index in [-0.39, 0.29) is 11.7 Å². The summed E-state index contributed by atoms with van der Waals surface area (Å²) in [7, 11) is 0. The number of amides is 1. The maximum absolute atomic E-state index is 13.0. The van der Waals surface area contributed by atoms with Crippen LogP contribution in [0.4, 0.5) is 0 Å². The minimum atomic E-state index is -0.531. The lowest BCUT2D eigenvalue weighted by molar-refractivity contribution is -0.922. The third-order valence-electron chi connectivity index (χ3n) is 4.81. The summed E-state index contributed by atoms with van der Waals surface area (Å²) < 4.78 is 0. The molecule has 1 heterocycles. The fourth-order valence-corrected chi connectivity index (χ4v) is 3.34. The zero-order valence-corrected chi connectivity index (χ0v) is 14.6. The Morgan fingerprint density at radius 2 is 1.52 bits per heavy atom. The quantitative estimate of drug-likeness (QED) is 0.820. The fourth-order valence-electron chi connectivity index (χ4n) is 3.34. The lowest BCUT2D eigenvalue weighted by atomic mass is 10.0. The van der Waals surface area contributed by atoms with Crippen LogP contribution in [0.25, 0.3) is 0 Å². The van der Waals surface area contributed by atoms with E-state index in [2.05, 4.69) is 5.32 Å². The van der Waals surface area contributed by atoms with Crippen molar-refractivity contribution in [2.75, 3.05) is 13.1 Å². The van der Waals surface area contributed by atoms with E-state index in [1.165, 1.54) is 6.42 Å². The predicted molar refractivity (Wildman–Crippen MR) is 97.8 cm³/mol. The van der Waals surface area contributed by atoms with Crippen LogP contribution < -0.4 is 10.2 Å². The second kappa shape index (κ2) is 8.08. The Hall–Kier alpha value is -2.46. The van der Waals surface area contributed by atoms with Gasteiger partial charge in [0.1, 0.15) is 0 Å². The highest BCUT2D eigenvalue weighted by Gasteiger charge is 2.33. The van der Waals surface area contributed by atoms with Crippen LogP contribution >= 0.6 is 0 Å². The van der Waals surface area contributed by atoms with Crippen LogP contribution in [0.3, 0.4) is 0 Å². The Balaban J connectivity index is 1.81. The average molecular weight is 337 g/mol. The van der Waals surface area contributed by atoms with Crippen LogP contribution in [0.1, 0.15) is 45.5 Å². The summed E-state index contributed by atoms with van der Waals surface area (Å²) in [4.78, 5) is 26.9. The Kier molecular flexibility index (Phi) is 5.61. The molecule has 1 saturated heterocycles. The molecule has 0 aliphatic carbocycles. The molecule has 1 atom stereocenters. The molecule has 0 radical (unpaired) electrons. The molecule has 0 aromatic heterocycles. The normalized spacial score (nSPS) is 16.2. The molecule has 1 unspecified atom stereocenters. The highest BCUT2D eigenvalue weighted by Crippen LogP contribution is 2.06. The van der Waals surface area contributed by atoms with Crippen LogP contribution in [0.2, 0.25) is 0 Å². The second-order valence-electron chi connectivity index (χ2n) is 6.72. The summed E-state index contributed by atoms with van der Waals surface area (Å²) >= 11 is 0. The van der Waals surface area contributed by atoms with Gasteiger partial charge in [-0.2, -0.15) is 0 Å². The highest BCUT2D eigenvalue weighted by molar-refractivity contribution is 6.03. The van der Waals surface area contributed by atoms with Crippen molar-refractivity contribution < 1.29 is 14.5 Å². The minimum absolute atomic E-state index is 0.0158. The van der Waals surface area contributed by atoms with Crippen molar-refractivity contribution in [1.82, 2.24) is 5.32 Å². The van der Waals surface area contributed by atoms with Crippen molar-refractivity contribution in [3.8, 4) is 0 Å². The van der Waals surface area contributed by atoms with Crippen molar-refractivity contribution in [3.05, 3.63) is 71.3 Å². The molecule has 1 aliphatic heterocycles. The van der Waals surface area contributed by atoms with Crippen LogP contribution in [0.5, 0.6) is 0 Å². The van der Waals surface area contributed by atoms with E-state index in [9.17, 15) is 9.59 Å². The lowest BCUT2D eigenvalue weighted by Crippen LogP contribution is -3.19. The first-order chi connectivity index (χ1) is 12.1. The first-order valence-electron chi connectivity index (χ1n) is 8.96. The molecule has 25 heavy (non-hydrogen) atoms. The molecular weight excluding hydrogens is 312 g/mol. The number of hydrogen-bond acceptors (Lipinski definition) is 2. The van der Waals surface area contributed by atoms with Gasteiger partial charge in [-0.3, -0.25) is 14.9 Å². The number of ketones is 1. The number of hydrogen-bond donors (Lipinski definition) is 2. The molecule has 2 N–H and O–H groups in total. The van der Waals surface area contributed by atoms with Gasteiger partial charge < -0.3 is 4.90 Å². The summed E-state index contributed by atoms with van der Waals surface area (Å²) in [5.41, 5.74) is 2.35.